The van der Waals surface area contributed by atoms with Crippen LogP contribution in [0.1, 0.15) is 38.2 Å². The molecule has 1 aromatic heterocycles. The van der Waals surface area contributed by atoms with Crippen LogP contribution in [0.4, 0.5) is 0 Å². The number of aromatic nitrogens is 1. The van der Waals surface area contributed by atoms with Crippen molar-refractivity contribution in [2.24, 2.45) is 0 Å². The highest BCUT2D eigenvalue weighted by Crippen LogP contribution is 2.20. The molecule has 0 radical (unpaired) electrons. The summed E-state index contributed by atoms with van der Waals surface area (Å²) in [7, 11) is 2.21. The molecule has 1 saturated heterocycles. The number of likely N-dealkylation sites (tertiary alicyclic amines) is 1. The molecule has 1 unspecified atom stereocenters. The molecule has 0 aliphatic carbocycles. The lowest BCUT2D eigenvalue weighted by molar-refractivity contribution is 0.231. The molecular weight excluding hydrogens is 250 g/mol. The minimum Gasteiger partial charge on any atom is -0.492 e. The van der Waals surface area contributed by atoms with Crippen LogP contribution >= 0.6 is 0 Å². The SMILES string of the molecule is CCCNCc1ccncc1OCCC1CCCN1C. The van der Waals surface area contributed by atoms with Crippen LogP contribution in [0.2, 0.25) is 0 Å². The largest absolute Gasteiger partial charge is 0.492 e. The summed E-state index contributed by atoms with van der Waals surface area (Å²) in [5.74, 6) is 0.928. The monoisotopic (exact) mass is 277 g/mol. The molecule has 4 heteroatoms. The molecule has 1 N–H and O–H groups in total. The summed E-state index contributed by atoms with van der Waals surface area (Å²) in [5.41, 5.74) is 1.20. The highest BCUT2D eigenvalue weighted by atomic mass is 16.5. The van der Waals surface area contributed by atoms with Gasteiger partial charge < -0.3 is 15.0 Å². The van der Waals surface area contributed by atoms with Gasteiger partial charge in [-0.25, -0.2) is 0 Å². The first-order valence-corrected chi connectivity index (χ1v) is 7.78. The zero-order valence-electron chi connectivity index (χ0n) is 12.8. The molecule has 112 valence electrons. The van der Waals surface area contributed by atoms with E-state index >= 15 is 0 Å². The van der Waals surface area contributed by atoms with Gasteiger partial charge in [-0.2, -0.15) is 0 Å². The molecule has 2 rings (SSSR count). The predicted molar refractivity (Wildman–Crippen MR) is 82.0 cm³/mol. The van der Waals surface area contributed by atoms with Gasteiger partial charge in [-0.05, 0) is 51.9 Å². The number of ether oxygens (including phenoxy) is 1. The molecule has 1 aliphatic rings. The Morgan fingerprint density at radius 1 is 1.50 bits per heavy atom. The van der Waals surface area contributed by atoms with Gasteiger partial charge in [0.1, 0.15) is 5.75 Å². The second-order valence-electron chi connectivity index (χ2n) is 5.57. The molecule has 1 aromatic rings. The molecule has 0 spiro atoms. The summed E-state index contributed by atoms with van der Waals surface area (Å²) in [6.07, 6.45) is 8.54. The number of hydrogen-bond acceptors (Lipinski definition) is 4. The van der Waals surface area contributed by atoms with Gasteiger partial charge in [-0.1, -0.05) is 6.92 Å². The van der Waals surface area contributed by atoms with Crippen LogP contribution in [0.15, 0.2) is 18.5 Å². The highest BCUT2D eigenvalue weighted by molar-refractivity contribution is 5.29. The van der Waals surface area contributed by atoms with Crippen molar-refractivity contribution in [2.75, 3.05) is 26.7 Å². The number of hydrogen-bond donors (Lipinski definition) is 1. The number of nitrogens with zero attached hydrogens (tertiary/aromatic N) is 2. The second kappa shape index (κ2) is 8.22. The minimum absolute atomic E-state index is 0.688. The van der Waals surface area contributed by atoms with Crippen LogP contribution < -0.4 is 10.1 Å². The third-order valence-electron chi connectivity index (χ3n) is 3.99. The smallest absolute Gasteiger partial charge is 0.142 e. The van der Waals surface area contributed by atoms with E-state index in [2.05, 4.69) is 29.2 Å². The van der Waals surface area contributed by atoms with Crippen molar-refractivity contribution in [2.45, 2.75) is 45.2 Å². The third kappa shape index (κ3) is 4.46. The number of pyridine rings is 1. The second-order valence-corrected chi connectivity index (χ2v) is 5.57. The van der Waals surface area contributed by atoms with Gasteiger partial charge in [-0.15, -0.1) is 0 Å². The lowest BCUT2D eigenvalue weighted by Crippen LogP contribution is -2.26. The van der Waals surface area contributed by atoms with E-state index < -0.39 is 0 Å². The van der Waals surface area contributed by atoms with Gasteiger partial charge >= 0.3 is 0 Å². The van der Waals surface area contributed by atoms with Crippen LogP contribution in [0.3, 0.4) is 0 Å². The average molecular weight is 277 g/mol. The van der Waals surface area contributed by atoms with E-state index in [1.165, 1.54) is 24.9 Å². The summed E-state index contributed by atoms with van der Waals surface area (Å²) in [6.45, 7) is 6.07. The molecule has 0 aromatic carbocycles. The maximum Gasteiger partial charge on any atom is 0.142 e. The van der Waals surface area contributed by atoms with Gasteiger partial charge in [0, 0.05) is 24.3 Å². The Kier molecular flexibility index (Phi) is 6.27. The third-order valence-corrected chi connectivity index (χ3v) is 3.99. The van der Waals surface area contributed by atoms with Gasteiger partial charge in [0.2, 0.25) is 0 Å². The Hall–Kier alpha value is -1.13. The van der Waals surface area contributed by atoms with E-state index in [0.29, 0.717) is 6.04 Å². The first kappa shape index (κ1) is 15.3. The van der Waals surface area contributed by atoms with Crippen LogP contribution in [0.5, 0.6) is 5.75 Å². The molecular formula is C16H27N3O. The van der Waals surface area contributed by atoms with E-state index in [9.17, 15) is 0 Å². The fourth-order valence-corrected chi connectivity index (χ4v) is 2.73. The quantitative estimate of drug-likeness (QED) is 0.741. The van der Waals surface area contributed by atoms with Gasteiger partial charge in [0.15, 0.2) is 0 Å². The minimum atomic E-state index is 0.688. The van der Waals surface area contributed by atoms with Crippen molar-refractivity contribution in [3.8, 4) is 5.75 Å². The Balaban J connectivity index is 1.79. The first-order chi connectivity index (χ1) is 9.81. The molecule has 0 bridgehead atoms. The van der Waals surface area contributed by atoms with E-state index in [1.807, 2.05) is 18.5 Å². The number of nitrogens with one attached hydrogen (secondary N) is 1. The Labute approximate surface area is 122 Å². The predicted octanol–water partition coefficient (Wildman–Crippen LogP) is 2.44. The lowest BCUT2D eigenvalue weighted by atomic mass is 10.1. The van der Waals surface area contributed by atoms with Crippen LogP contribution in [0.25, 0.3) is 0 Å². The van der Waals surface area contributed by atoms with Gasteiger partial charge in [-0.3, -0.25) is 4.98 Å². The van der Waals surface area contributed by atoms with Crippen molar-refractivity contribution >= 4 is 0 Å². The van der Waals surface area contributed by atoms with Crippen molar-refractivity contribution in [1.82, 2.24) is 15.2 Å². The molecule has 4 nitrogen and oxygen atoms in total. The zero-order chi connectivity index (χ0) is 14.2. The topological polar surface area (TPSA) is 37.4 Å². The van der Waals surface area contributed by atoms with E-state index in [4.69, 9.17) is 4.74 Å². The fourth-order valence-electron chi connectivity index (χ4n) is 2.73. The maximum atomic E-state index is 5.95. The summed E-state index contributed by atoms with van der Waals surface area (Å²) < 4.78 is 5.95. The summed E-state index contributed by atoms with van der Waals surface area (Å²) >= 11 is 0. The molecule has 0 saturated carbocycles. The Bertz CT molecular complexity index is 397. The van der Waals surface area contributed by atoms with Crippen molar-refractivity contribution < 1.29 is 4.74 Å². The maximum absolute atomic E-state index is 5.95. The molecule has 2 heterocycles. The Morgan fingerprint density at radius 2 is 2.40 bits per heavy atom. The van der Waals surface area contributed by atoms with Crippen molar-refractivity contribution in [3.05, 3.63) is 24.0 Å². The zero-order valence-corrected chi connectivity index (χ0v) is 12.8. The van der Waals surface area contributed by atoms with E-state index in [1.54, 1.807) is 0 Å². The van der Waals surface area contributed by atoms with Crippen molar-refractivity contribution in [3.63, 3.8) is 0 Å². The standard InChI is InChI=1S/C16H27N3O/c1-3-8-17-12-14-6-9-18-13-16(14)20-11-7-15-5-4-10-19(15)2/h6,9,13,15,17H,3-5,7-8,10-12H2,1-2H3. The van der Waals surface area contributed by atoms with Gasteiger partial charge in [0.25, 0.3) is 0 Å². The van der Waals surface area contributed by atoms with Crippen LogP contribution in [-0.4, -0.2) is 42.7 Å². The average Bonchev–Trinajstić information content (AvgIpc) is 2.86. The molecule has 0 amide bonds. The molecule has 1 fully saturated rings. The van der Waals surface area contributed by atoms with E-state index in [0.717, 1.165) is 38.3 Å². The molecule has 1 atom stereocenters. The molecule has 20 heavy (non-hydrogen) atoms. The summed E-state index contributed by atoms with van der Waals surface area (Å²) in [6, 6.07) is 2.73. The lowest BCUT2D eigenvalue weighted by Gasteiger charge is -2.19. The van der Waals surface area contributed by atoms with Gasteiger partial charge in [0.05, 0.1) is 12.8 Å². The first-order valence-electron chi connectivity index (χ1n) is 7.78. The van der Waals surface area contributed by atoms with Crippen LogP contribution in [-0.2, 0) is 6.54 Å². The molecule has 1 aliphatic heterocycles. The van der Waals surface area contributed by atoms with E-state index in [-0.39, 0.29) is 0 Å². The normalized spacial score (nSPS) is 19.4. The van der Waals surface area contributed by atoms with Crippen molar-refractivity contribution in [1.29, 1.82) is 0 Å². The highest BCUT2D eigenvalue weighted by Gasteiger charge is 2.20. The Morgan fingerprint density at radius 3 is 3.15 bits per heavy atom. The fraction of sp³-hybridized carbons (Fsp3) is 0.688. The summed E-state index contributed by atoms with van der Waals surface area (Å²) in [5, 5.41) is 3.41. The number of rotatable bonds is 8. The van der Waals surface area contributed by atoms with Crippen LogP contribution in [0, 0.1) is 0 Å². The summed E-state index contributed by atoms with van der Waals surface area (Å²) in [4.78, 5) is 6.62.